The number of hydrogen-bond donors (Lipinski definition) is 0. The number of carbonyl (C=O) groups excluding carboxylic acids is 1. The average molecular weight is 380 g/mol. The summed E-state index contributed by atoms with van der Waals surface area (Å²) in [5.41, 5.74) is -0.432. The lowest BCUT2D eigenvalue weighted by molar-refractivity contribution is -0.137. The van der Waals surface area contributed by atoms with E-state index < -0.39 is 11.7 Å². The van der Waals surface area contributed by atoms with Crippen molar-refractivity contribution in [2.24, 2.45) is 5.92 Å². The highest BCUT2D eigenvalue weighted by atomic mass is 32.2. The fourth-order valence-corrected chi connectivity index (χ4v) is 3.97. The van der Waals surface area contributed by atoms with Crippen LogP contribution in [0.5, 0.6) is 0 Å². The van der Waals surface area contributed by atoms with Gasteiger partial charge in [0.2, 0.25) is 0 Å². The Morgan fingerprint density at radius 2 is 1.81 bits per heavy atom. The molecule has 7 heteroatoms. The van der Waals surface area contributed by atoms with E-state index in [1.54, 1.807) is 22.9 Å². The van der Waals surface area contributed by atoms with Crippen molar-refractivity contribution >= 4 is 17.7 Å². The van der Waals surface area contributed by atoms with Gasteiger partial charge in [-0.25, -0.2) is 4.98 Å². The standard InChI is InChI=1S/C19H19F3N2OS/c20-19(21,22)16-6-4-15(5-7-16)18(25)24-11-8-14(9-12-24)13-26-17-3-1-2-10-23-17/h1-7,10,14H,8-9,11-13H2. The number of piperidine rings is 1. The molecule has 0 saturated carbocycles. The van der Waals surface area contributed by atoms with Crippen LogP contribution in [0.4, 0.5) is 13.2 Å². The fourth-order valence-electron chi connectivity index (χ4n) is 2.92. The summed E-state index contributed by atoms with van der Waals surface area (Å²) in [6.07, 6.45) is -0.822. The van der Waals surface area contributed by atoms with Gasteiger partial charge in [0.15, 0.2) is 0 Å². The van der Waals surface area contributed by atoms with Gasteiger partial charge in [-0.05, 0) is 55.2 Å². The van der Waals surface area contributed by atoms with Gasteiger partial charge in [-0.15, -0.1) is 11.8 Å². The summed E-state index contributed by atoms with van der Waals surface area (Å²) in [4.78, 5) is 18.5. The van der Waals surface area contributed by atoms with Crippen molar-refractivity contribution in [3.63, 3.8) is 0 Å². The van der Waals surface area contributed by atoms with Gasteiger partial charge in [-0.1, -0.05) is 6.07 Å². The third-order valence-corrected chi connectivity index (χ3v) is 5.64. The molecule has 3 nitrogen and oxygen atoms in total. The number of benzene rings is 1. The number of likely N-dealkylation sites (tertiary alicyclic amines) is 1. The molecule has 3 rings (SSSR count). The minimum absolute atomic E-state index is 0.199. The van der Waals surface area contributed by atoms with Crippen LogP contribution in [0.3, 0.4) is 0 Å². The summed E-state index contributed by atoms with van der Waals surface area (Å²) in [6, 6.07) is 10.3. The number of aromatic nitrogens is 1. The second-order valence-corrected chi connectivity index (χ2v) is 7.33. The Balaban J connectivity index is 1.50. The van der Waals surface area contributed by atoms with Gasteiger partial charge in [0.1, 0.15) is 0 Å². The minimum Gasteiger partial charge on any atom is -0.339 e. The number of alkyl halides is 3. The molecule has 0 spiro atoms. The molecule has 1 aliphatic heterocycles. The molecule has 1 aromatic heterocycles. The molecule has 138 valence electrons. The second kappa shape index (κ2) is 8.12. The van der Waals surface area contributed by atoms with Gasteiger partial charge < -0.3 is 4.90 Å². The van der Waals surface area contributed by atoms with E-state index in [0.29, 0.717) is 24.6 Å². The highest BCUT2D eigenvalue weighted by molar-refractivity contribution is 7.99. The van der Waals surface area contributed by atoms with E-state index in [0.717, 1.165) is 35.8 Å². The van der Waals surface area contributed by atoms with Crippen LogP contribution in [0.25, 0.3) is 0 Å². The average Bonchev–Trinajstić information content (AvgIpc) is 2.66. The van der Waals surface area contributed by atoms with Crippen molar-refractivity contribution in [2.75, 3.05) is 18.8 Å². The van der Waals surface area contributed by atoms with Crippen LogP contribution in [-0.4, -0.2) is 34.6 Å². The molecular weight excluding hydrogens is 361 g/mol. The molecule has 0 N–H and O–H groups in total. The van der Waals surface area contributed by atoms with Crippen molar-refractivity contribution in [1.82, 2.24) is 9.88 Å². The maximum atomic E-state index is 12.6. The van der Waals surface area contributed by atoms with E-state index in [1.165, 1.54) is 12.1 Å². The number of carbonyl (C=O) groups is 1. The van der Waals surface area contributed by atoms with Gasteiger partial charge in [0, 0.05) is 30.6 Å². The molecule has 0 bridgehead atoms. The van der Waals surface area contributed by atoms with Gasteiger partial charge in [0.25, 0.3) is 5.91 Å². The van der Waals surface area contributed by atoms with Crippen LogP contribution in [0.2, 0.25) is 0 Å². The van der Waals surface area contributed by atoms with E-state index >= 15 is 0 Å². The van der Waals surface area contributed by atoms with Gasteiger partial charge in [-0.3, -0.25) is 4.79 Å². The molecule has 26 heavy (non-hydrogen) atoms. The molecule has 0 aliphatic carbocycles. The smallest absolute Gasteiger partial charge is 0.339 e. The highest BCUT2D eigenvalue weighted by Gasteiger charge is 2.30. The number of nitrogens with zero attached hydrogens (tertiary/aromatic N) is 2. The molecule has 1 fully saturated rings. The number of hydrogen-bond acceptors (Lipinski definition) is 3. The Morgan fingerprint density at radius 1 is 1.12 bits per heavy atom. The van der Waals surface area contributed by atoms with E-state index in [2.05, 4.69) is 4.98 Å². The lowest BCUT2D eigenvalue weighted by atomic mass is 9.98. The zero-order valence-corrected chi connectivity index (χ0v) is 14.9. The third kappa shape index (κ3) is 4.78. The molecule has 2 aromatic rings. The number of thioether (sulfide) groups is 1. The predicted octanol–water partition coefficient (Wildman–Crippen LogP) is 4.74. The van der Waals surface area contributed by atoms with E-state index in [9.17, 15) is 18.0 Å². The molecular formula is C19H19F3N2OS. The number of pyridine rings is 1. The summed E-state index contributed by atoms with van der Waals surface area (Å²) < 4.78 is 37.8. The normalized spacial score (nSPS) is 15.9. The van der Waals surface area contributed by atoms with Gasteiger partial charge in [0.05, 0.1) is 10.6 Å². The molecule has 1 aromatic carbocycles. The number of amides is 1. The van der Waals surface area contributed by atoms with Crippen LogP contribution in [0.1, 0.15) is 28.8 Å². The van der Waals surface area contributed by atoms with Crippen molar-refractivity contribution < 1.29 is 18.0 Å². The summed E-state index contributed by atoms with van der Waals surface area (Å²) in [7, 11) is 0. The first-order valence-corrected chi connectivity index (χ1v) is 9.42. The molecule has 1 saturated heterocycles. The predicted molar refractivity (Wildman–Crippen MR) is 95.0 cm³/mol. The summed E-state index contributed by atoms with van der Waals surface area (Å²) in [6.45, 7) is 1.26. The summed E-state index contributed by atoms with van der Waals surface area (Å²) in [5.74, 6) is 1.27. The topological polar surface area (TPSA) is 33.2 Å². The van der Waals surface area contributed by atoms with Gasteiger partial charge >= 0.3 is 6.18 Å². The maximum absolute atomic E-state index is 12.6. The monoisotopic (exact) mass is 380 g/mol. The molecule has 1 amide bonds. The van der Waals surface area contributed by atoms with Crippen molar-refractivity contribution in [3.05, 3.63) is 59.8 Å². The number of halogens is 3. The Hall–Kier alpha value is -2.02. The van der Waals surface area contributed by atoms with Crippen LogP contribution in [0, 0.1) is 5.92 Å². The first-order chi connectivity index (χ1) is 12.4. The molecule has 0 radical (unpaired) electrons. The first kappa shape index (κ1) is 18.8. The largest absolute Gasteiger partial charge is 0.416 e. The zero-order valence-electron chi connectivity index (χ0n) is 14.1. The third-order valence-electron chi connectivity index (χ3n) is 4.47. The van der Waals surface area contributed by atoms with Crippen LogP contribution < -0.4 is 0 Å². The first-order valence-electron chi connectivity index (χ1n) is 8.44. The Labute approximate surface area is 154 Å². The van der Waals surface area contributed by atoms with Crippen LogP contribution in [-0.2, 0) is 6.18 Å². The highest BCUT2D eigenvalue weighted by Crippen LogP contribution is 2.30. The van der Waals surface area contributed by atoms with Crippen molar-refractivity contribution in [1.29, 1.82) is 0 Å². The zero-order chi connectivity index (χ0) is 18.6. The van der Waals surface area contributed by atoms with Crippen LogP contribution in [0.15, 0.2) is 53.7 Å². The summed E-state index contributed by atoms with van der Waals surface area (Å²) >= 11 is 1.72. The maximum Gasteiger partial charge on any atom is 0.416 e. The van der Waals surface area contributed by atoms with Crippen LogP contribution >= 0.6 is 11.8 Å². The SMILES string of the molecule is O=C(c1ccc(C(F)(F)F)cc1)N1CCC(CSc2ccccn2)CC1. The second-order valence-electron chi connectivity index (χ2n) is 6.29. The Bertz CT molecular complexity index is 727. The number of rotatable bonds is 4. The van der Waals surface area contributed by atoms with Crippen molar-refractivity contribution in [2.45, 2.75) is 24.0 Å². The van der Waals surface area contributed by atoms with E-state index in [4.69, 9.17) is 0 Å². The minimum atomic E-state index is -4.38. The lowest BCUT2D eigenvalue weighted by Gasteiger charge is -2.32. The quantitative estimate of drug-likeness (QED) is 0.718. The Kier molecular flexibility index (Phi) is 5.86. The van der Waals surface area contributed by atoms with E-state index in [-0.39, 0.29) is 5.91 Å². The fraction of sp³-hybridized carbons (Fsp3) is 0.368. The van der Waals surface area contributed by atoms with E-state index in [1.807, 2.05) is 18.2 Å². The molecule has 2 heterocycles. The lowest BCUT2D eigenvalue weighted by Crippen LogP contribution is -2.39. The molecule has 0 unspecified atom stereocenters. The molecule has 0 atom stereocenters. The Morgan fingerprint density at radius 3 is 2.38 bits per heavy atom. The van der Waals surface area contributed by atoms with Gasteiger partial charge in [-0.2, -0.15) is 13.2 Å². The summed E-state index contributed by atoms with van der Waals surface area (Å²) in [5, 5.41) is 0.996. The molecule has 1 aliphatic rings. The van der Waals surface area contributed by atoms with Crippen molar-refractivity contribution in [3.8, 4) is 0 Å².